The van der Waals surface area contributed by atoms with Crippen LogP contribution in [0.15, 0.2) is 50.1 Å². The molecule has 0 atom stereocenters. The molecule has 0 radical (unpaired) electrons. The van der Waals surface area contributed by atoms with Gasteiger partial charge in [-0.15, -0.1) is 0 Å². The molecule has 0 amide bonds. The van der Waals surface area contributed by atoms with Crippen molar-refractivity contribution in [2.24, 2.45) is 0 Å². The molecule has 0 aliphatic heterocycles. The van der Waals surface area contributed by atoms with Crippen LogP contribution in [0.2, 0.25) is 0 Å². The maximum atomic E-state index is 14.1. The minimum Gasteiger partial charge on any atom is -0.449 e. The summed E-state index contributed by atoms with van der Waals surface area (Å²) in [7, 11) is 0. The van der Waals surface area contributed by atoms with E-state index in [1.54, 1.807) is 0 Å². The maximum absolute atomic E-state index is 14.1. The van der Waals surface area contributed by atoms with Gasteiger partial charge in [0, 0.05) is 29.1 Å². The van der Waals surface area contributed by atoms with Gasteiger partial charge in [-0.3, -0.25) is 19.7 Å². The monoisotopic (exact) mass is 421 g/mol. The molecule has 1 heterocycles. The molecule has 0 unspecified atom stereocenters. The van der Waals surface area contributed by atoms with Gasteiger partial charge in [0.25, 0.3) is 0 Å². The molecule has 0 spiro atoms. The van der Waals surface area contributed by atoms with E-state index < -0.39 is 27.8 Å². The molecule has 132 valence electrons. The molecule has 3 aromatic rings. The van der Waals surface area contributed by atoms with E-state index in [9.17, 15) is 24.1 Å². The van der Waals surface area contributed by atoms with E-state index in [1.807, 2.05) is 0 Å². The van der Waals surface area contributed by atoms with E-state index in [1.165, 1.54) is 24.3 Å². The molecule has 0 fully saturated rings. The van der Waals surface area contributed by atoms with Crippen LogP contribution in [0.5, 0.6) is 5.75 Å². The Hall–Kier alpha value is -3.07. The van der Waals surface area contributed by atoms with Crippen LogP contribution < -0.4 is 10.2 Å². The number of non-ortho nitro benzene ring substituents is 1. The van der Waals surface area contributed by atoms with Gasteiger partial charge in [0.05, 0.1) is 10.3 Å². The SMILES string of the molecule is CC(=O)Oc1ccc(-c2cc(=O)c3cc(Br)cc([N+](=O)[O-])c3o2)cc1F. The third-order valence-corrected chi connectivity index (χ3v) is 3.90. The van der Waals surface area contributed by atoms with Gasteiger partial charge in [0.15, 0.2) is 17.0 Å². The van der Waals surface area contributed by atoms with Gasteiger partial charge in [0.2, 0.25) is 5.58 Å². The van der Waals surface area contributed by atoms with Crippen LogP contribution in [0.25, 0.3) is 22.3 Å². The molecular weight excluding hydrogens is 413 g/mol. The van der Waals surface area contributed by atoms with Crippen molar-refractivity contribution in [3.8, 4) is 17.1 Å². The summed E-state index contributed by atoms with van der Waals surface area (Å²) in [4.78, 5) is 33.8. The summed E-state index contributed by atoms with van der Waals surface area (Å²) in [6, 6.07) is 7.30. The zero-order valence-corrected chi connectivity index (χ0v) is 14.7. The number of benzene rings is 2. The fraction of sp³-hybridized carbons (Fsp3) is 0.0588. The Bertz CT molecular complexity index is 1120. The molecule has 1 aromatic heterocycles. The molecule has 2 aromatic carbocycles. The van der Waals surface area contributed by atoms with Crippen molar-refractivity contribution in [2.45, 2.75) is 6.92 Å². The van der Waals surface area contributed by atoms with Gasteiger partial charge < -0.3 is 9.15 Å². The highest BCUT2D eigenvalue weighted by atomic mass is 79.9. The average Bonchev–Trinajstić information content (AvgIpc) is 2.56. The number of carbonyl (C=O) groups is 1. The number of nitrogens with zero attached hydrogens (tertiary/aromatic N) is 1. The van der Waals surface area contributed by atoms with Gasteiger partial charge in [-0.05, 0) is 24.3 Å². The van der Waals surface area contributed by atoms with Crippen molar-refractivity contribution in [2.75, 3.05) is 0 Å². The zero-order chi connectivity index (χ0) is 19.0. The minimum absolute atomic E-state index is 0.0202. The van der Waals surface area contributed by atoms with Crippen LogP contribution in [0.4, 0.5) is 10.1 Å². The highest BCUT2D eigenvalue weighted by Gasteiger charge is 2.20. The van der Waals surface area contributed by atoms with Crippen molar-refractivity contribution in [3.05, 3.63) is 67.0 Å². The Kier molecular flexibility index (Phi) is 4.56. The second kappa shape index (κ2) is 6.68. The lowest BCUT2D eigenvalue weighted by Gasteiger charge is -2.07. The quantitative estimate of drug-likeness (QED) is 0.272. The summed E-state index contributed by atoms with van der Waals surface area (Å²) in [5.41, 5.74) is -0.972. The van der Waals surface area contributed by atoms with Crippen molar-refractivity contribution < 1.29 is 23.3 Å². The topological polar surface area (TPSA) is 99.7 Å². The summed E-state index contributed by atoms with van der Waals surface area (Å²) in [5, 5.41) is 11.3. The second-order valence-electron chi connectivity index (χ2n) is 5.27. The number of rotatable bonds is 3. The largest absolute Gasteiger partial charge is 0.449 e. The van der Waals surface area contributed by atoms with E-state index in [0.29, 0.717) is 4.47 Å². The molecule has 9 heteroatoms. The Morgan fingerprint density at radius 2 is 2.00 bits per heavy atom. The average molecular weight is 422 g/mol. The zero-order valence-electron chi connectivity index (χ0n) is 13.1. The highest BCUT2D eigenvalue weighted by molar-refractivity contribution is 9.10. The van der Waals surface area contributed by atoms with E-state index in [-0.39, 0.29) is 28.0 Å². The Morgan fingerprint density at radius 1 is 1.27 bits per heavy atom. The smallest absolute Gasteiger partial charge is 0.313 e. The number of carbonyl (C=O) groups excluding carboxylic acids is 1. The van der Waals surface area contributed by atoms with Gasteiger partial charge in [-0.2, -0.15) is 0 Å². The summed E-state index contributed by atoms with van der Waals surface area (Å²) in [6.45, 7) is 1.13. The van der Waals surface area contributed by atoms with E-state index >= 15 is 0 Å². The number of nitro groups is 1. The summed E-state index contributed by atoms with van der Waals surface area (Å²) in [5.74, 6) is -1.86. The number of nitro benzene ring substituents is 1. The lowest BCUT2D eigenvalue weighted by molar-refractivity contribution is -0.383. The second-order valence-corrected chi connectivity index (χ2v) is 6.19. The predicted molar refractivity (Wildman–Crippen MR) is 93.5 cm³/mol. The first-order chi connectivity index (χ1) is 12.3. The summed E-state index contributed by atoms with van der Waals surface area (Å²) < 4.78 is 24.6. The fourth-order valence-electron chi connectivity index (χ4n) is 2.38. The Balaban J connectivity index is 2.20. The first-order valence-corrected chi connectivity index (χ1v) is 7.95. The van der Waals surface area contributed by atoms with Gasteiger partial charge in [0.1, 0.15) is 5.76 Å². The molecule has 3 rings (SSSR count). The first-order valence-electron chi connectivity index (χ1n) is 7.16. The van der Waals surface area contributed by atoms with Crippen LogP contribution in [-0.4, -0.2) is 10.9 Å². The normalized spacial score (nSPS) is 10.7. The Labute approximate surface area is 153 Å². The molecule has 7 nitrogen and oxygen atoms in total. The minimum atomic E-state index is -0.842. The van der Waals surface area contributed by atoms with Gasteiger partial charge in [-0.25, -0.2) is 4.39 Å². The molecule has 26 heavy (non-hydrogen) atoms. The lowest BCUT2D eigenvalue weighted by atomic mass is 10.1. The van der Waals surface area contributed by atoms with Crippen LogP contribution >= 0.6 is 15.9 Å². The maximum Gasteiger partial charge on any atom is 0.313 e. The molecule has 0 aliphatic carbocycles. The summed E-state index contributed by atoms with van der Waals surface area (Å²) >= 11 is 3.11. The number of halogens is 2. The number of fused-ring (bicyclic) bond motifs is 1. The van der Waals surface area contributed by atoms with Crippen LogP contribution in [0.3, 0.4) is 0 Å². The first kappa shape index (κ1) is 17.7. The standard InChI is InChI=1S/C17H9BrFNO6/c1-8(21)25-15-3-2-9(4-12(15)19)16-7-14(22)11-5-10(18)6-13(20(23)24)17(11)26-16/h2-7H,1H3. The Morgan fingerprint density at radius 3 is 2.62 bits per heavy atom. The van der Waals surface area contributed by atoms with Crippen molar-refractivity contribution in [1.29, 1.82) is 0 Å². The molecular formula is C17H9BrFNO6. The van der Waals surface area contributed by atoms with E-state index in [2.05, 4.69) is 15.9 Å². The number of esters is 1. The van der Waals surface area contributed by atoms with Crippen molar-refractivity contribution >= 4 is 38.6 Å². The number of ether oxygens (including phenoxy) is 1. The highest BCUT2D eigenvalue weighted by Crippen LogP contribution is 2.32. The third-order valence-electron chi connectivity index (χ3n) is 3.44. The molecule has 0 aliphatic rings. The van der Waals surface area contributed by atoms with E-state index in [0.717, 1.165) is 19.1 Å². The number of hydrogen-bond donors (Lipinski definition) is 0. The number of hydrogen-bond acceptors (Lipinski definition) is 6. The van der Waals surface area contributed by atoms with E-state index in [4.69, 9.17) is 9.15 Å². The fourth-order valence-corrected chi connectivity index (χ4v) is 2.82. The molecule has 0 saturated heterocycles. The molecule has 0 N–H and O–H groups in total. The van der Waals surface area contributed by atoms with Crippen LogP contribution in [0, 0.1) is 15.9 Å². The van der Waals surface area contributed by atoms with Gasteiger partial charge in [-0.1, -0.05) is 15.9 Å². The van der Waals surface area contributed by atoms with Crippen LogP contribution in [0.1, 0.15) is 6.92 Å². The lowest BCUT2D eigenvalue weighted by Crippen LogP contribution is -2.04. The predicted octanol–water partition coefficient (Wildman–Crippen LogP) is 4.20. The summed E-state index contributed by atoms with van der Waals surface area (Å²) in [6.07, 6.45) is 0. The third kappa shape index (κ3) is 3.33. The van der Waals surface area contributed by atoms with Gasteiger partial charge >= 0.3 is 11.7 Å². The molecule has 0 bridgehead atoms. The van der Waals surface area contributed by atoms with Crippen LogP contribution in [-0.2, 0) is 4.79 Å². The van der Waals surface area contributed by atoms with Crippen molar-refractivity contribution in [3.63, 3.8) is 0 Å². The van der Waals surface area contributed by atoms with Crippen molar-refractivity contribution in [1.82, 2.24) is 0 Å². The molecule has 0 saturated carbocycles.